The third-order valence-electron chi connectivity index (χ3n) is 2.04. The maximum absolute atomic E-state index is 11.2. The second-order valence-corrected chi connectivity index (χ2v) is 3.31. The van der Waals surface area contributed by atoms with Crippen molar-refractivity contribution in [3.05, 3.63) is 28.5 Å². The van der Waals surface area contributed by atoms with E-state index in [4.69, 9.17) is 0 Å². The minimum absolute atomic E-state index is 0.360. The number of aryl methyl sites for hydroxylation is 1. The van der Waals surface area contributed by atoms with Crippen molar-refractivity contribution < 1.29 is 4.73 Å². The Morgan fingerprint density at radius 2 is 2.00 bits per heavy atom. The van der Waals surface area contributed by atoms with Crippen molar-refractivity contribution in [1.82, 2.24) is 4.98 Å². The van der Waals surface area contributed by atoms with Crippen LogP contribution in [0.5, 0.6) is 0 Å². The molecular weight excluding hydrogens is 152 g/mol. The van der Waals surface area contributed by atoms with Gasteiger partial charge >= 0.3 is 0 Å². The maximum Gasteiger partial charge on any atom is 0.289 e. The van der Waals surface area contributed by atoms with Gasteiger partial charge in [-0.15, -0.1) is 0 Å². The molecule has 0 fully saturated rings. The Kier molecular flexibility index (Phi) is 2.31. The molecule has 0 bridgehead atoms. The van der Waals surface area contributed by atoms with Gasteiger partial charge in [0.25, 0.3) is 6.33 Å². The van der Waals surface area contributed by atoms with Crippen molar-refractivity contribution in [2.45, 2.75) is 33.6 Å². The molecule has 0 radical (unpaired) electrons. The van der Waals surface area contributed by atoms with Crippen LogP contribution in [0.25, 0.3) is 0 Å². The molecule has 3 heteroatoms. The number of aromatic nitrogens is 2. The Bertz CT molecular complexity index is 295. The van der Waals surface area contributed by atoms with Crippen molar-refractivity contribution in [3.8, 4) is 0 Å². The van der Waals surface area contributed by atoms with E-state index in [1.165, 1.54) is 6.33 Å². The van der Waals surface area contributed by atoms with Crippen LogP contribution in [-0.2, 0) is 0 Å². The highest BCUT2D eigenvalue weighted by molar-refractivity contribution is 5.23. The summed E-state index contributed by atoms with van der Waals surface area (Å²) in [6, 6.07) is 0. The van der Waals surface area contributed by atoms with Gasteiger partial charge in [0, 0.05) is 12.5 Å². The van der Waals surface area contributed by atoms with Crippen LogP contribution in [0.2, 0.25) is 0 Å². The van der Waals surface area contributed by atoms with E-state index in [-0.39, 0.29) is 0 Å². The number of nitrogens with zero attached hydrogens (tertiary/aromatic N) is 2. The molecule has 0 aliphatic carbocycles. The minimum atomic E-state index is 0.360. The van der Waals surface area contributed by atoms with Crippen molar-refractivity contribution in [2.75, 3.05) is 0 Å². The molecule has 0 spiro atoms. The third kappa shape index (κ3) is 1.40. The highest BCUT2D eigenvalue weighted by Gasteiger charge is 2.14. The van der Waals surface area contributed by atoms with Gasteiger partial charge in [-0.1, -0.05) is 18.8 Å². The predicted molar refractivity (Wildman–Crippen MR) is 46.8 cm³/mol. The molecule has 3 nitrogen and oxygen atoms in total. The topological polar surface area (TPSA) is 39.8 Å². The molecule has 0 aromatic carbocycles. The van der Waals surface area contributed by atoms with Gasteiger partial charge in [0.15, 0.2) is 5.69 Å². The summed E-state index contributed by atoms with van der Waals surface area (Å²) < 4.78 is 0.822. The Balaban J connectivity index is 3.33. The first kappa shape index (κ1) is 8.97. The third-order valence-corrected chi connectivity index (χ3v) is 2.04. The molecule has 0 aliphatic heterocycles. The smallest absolute Gasteiger partial charge is 0.289 e. The summed E-state index contributed by atoms with van der Waals surface area (Å²) >= 11 is 0. The van der Waals surface area contributed by atoms with Gasteiger partial charge in [-0.25, -0.2) is 4.73 Å². The number of hydrogen-bond donors (Lipinski definition) is 0. The van der Waals surface area contributed by atoms with E-state index in [0.717, 1.165) is 21.7 Å². The summed E-state index contributed by atoms with van der Waals surface area (Å²) in [5.41, 5.74) is 2.78. The van der Waals surface area contributed by atoms with Crippen LogP contribution in [0.3, 0.4) is 0 Å². The molecule has 0 atom stereocenters. The van der Waals surface area contributed by atoms with Crippen LogP contribution in [0.4, 0.5) is 0 Å². The Morgan fingerprint density at radius 3 is 2.42 bits per heavy atom. The van der Waals surface area contributed by atoms with Gasteiger partial charge in [-0.3, -0.25) is 0 Å². The van der Waals surface area contributed by atoms with E-state index in [1.54, 1.807) is 0 Å². The monoisotopic (exact) mass is 166 g/mol. The highest BCUT2D eigenvalue weighted by Crippen LogP contribution is 2.18. The standard InChI is InChI=1S/C9H14N2O/c1-6(2)9-7(3)10-5-11(12)8(9)4/h5-6H,1-4H3. The average Bonchev–Trinajstić information content (AvgIpc) is 1.97. The molecule has 12 heavy (non-hydrogen) atoms. The molecule has 0 amide bonds. The lowest BCUT2D eigenvalue weighted by Gasteiger charge is -2.12. The van der Waals surface area contributed by atoms with E-state index >= 15 is 0 Å². The van der Waals surface area contributed by atoms with Crippen LogP contribution in [-0.4, -0.2) is 4.98 Å². The van der Waals surface area contributed by atoms with E-state index in [1.807, 2.05) is 13.8 Å². The fourth-order valence-corrected chi connectivity index (χ4v) is 1.51. The van der Waals surface area contributed by atoms with Crippen LogP contribution >= 0.6 is 0 Å². The summed E-state index contributed by atoms with van der Waals surface area (Å²) in [4.78, 5) is 4.01. The quantitative estimate of drug-likeness (QED) is 0.468. The molecular formula is C9H14N2O. The molecule has 1 rings (SSSR count). The molecule has 1 heterocycles. The lowest BCUT2D eigenvalue weighted by Crippen LogP contribution is -2.32. The summed E-state index contributed by atoms with van der Waals surface area (Å²) in [5.74, 6) is 0.360. The van der Waals surface area contributed by atoms with Crippen LogP contribution < -0.4 is 4.73 Å². The second-order valence-electron chi connectivity index (χ2n) is 3.31. The van der Waals surface area contributed by atoms with Gasteiger partial charge in [-0.05, 0) is 12.8 Å². The largest absolute Gasteiger partial charge is 0.711 e. The van der Waals surface area contributed by atoms with Crippen LogP contribution in [0.1, 0.15) is 36.7 Å². The molecule has 0 saturated carbocycles. The normalized spacial score (nSPS) is 10.8. The molecule has 1 aromatic heterocycles. The van der Waals surface area contributed by atoms with Gasteiger partial charge < -0.3 is 5.21 Å². The predicted octanol–water partition coefficient (Wildman–Crippen LogP) is 1.46. The van der Waals surface area contributed by atoms with Gasteiger partial charge in [0.1, 0.15) is 5.69 Å². The summed E-state index contributed by atoms with van der Waals surface area (Å²) in [7, 11) is 0. The van der Waals surface area contributed by atoms with Crippen LogP contribution in [0.15, 0.2) is 6.33 Å². The highest BCUT2D eigenvalue weighted by atomic mass is 16.5. The van der Waals surface area contributed by atoms with Gasteiger partial charge in [0.05, 0.1) is 0 Å². The van der Waals surface area contributed by atoms with E-state index in [0.29, 0.717) is 5.92 Å². The van der Waals surface area contributed by atoms with E-state index in [9.17, 15) is 5.21 Å². The maximum atomic E-state index is 11.2. The lowest BCUT2D eigenvalue weighted by molar-refractivity contribution is -0.616. The Morgan fingerprint density at radius 1 is 1.42 bits per heavy atom. The van der Waals surface area contributed by atoms with Gasteiger partial charge in [-0.2, -0.15) is 0 Å². The zero-order valence-electron chi connectivity index (χ0n) is 7.96. The first-order chi connectivity index (χ1) is 5.54. The fourth-order valence-electron chi connectivity index (χ4n) is 1.51. The number of hydrogen-bond acceptors (Lipinski definition) is 2. The zero-order valence-corrected chi connectivity index (χ0v) is 7.96. The van der Waals surface area contributed by atoms with Crippen LogP contribution in [0, 0.1) is 19.1 Å². The lowest BCUT2D eigenvalue weighted by atomic mass is 10.0. The van der Waals surface area contributed by atoms with Crippen molar-refractivity contribution >= 4 is 0 Å². The Hall–Kier alpha value is -1.12. The SMILES string of the molecule is Cc1nc[n+]([O-])c(C)c1C(C)C. The van der Waals surface area contributed by atoms with E-state index in [2.05, 4.69) is 18.8 Å². The minimum Gasteiger partial charge on any atom is -0.711 e. The second kappa shape index (κ2) is 3.09. The van der Waals surface area contributed by atoms with Crippen molar-refractivity contribution in [1.29, 1.82) is 0 Å². The number of rotatable bonds is 1. The zero-order chi connectivity index (χ0) is 9.30. The fraction of sp³-hybridized carbons (Fsp3) is 0.556. The summed E-state index contributed by atoms with van der Waals surface area (Å²) in [6.07, 6.45) is 1.32. The molecule has 0 saturated heterocycles. The summed E-state index contributed by atoms with van der Waals surface area (Å²) in [6.45, 7) is 7.90. The van der Waals surface area contributed by atoms with Crippen molar-refractivity contribution in [3.63, 3.8) is 0 Å². The van der Waals surface area contributed by atoms with Gasteiger partial charge in [0.2, 0.25) is 0 Å². The molecule has 0 unspecified atom stereocenters. The molecule has 1 aromatic rings. The summed E-state index contributed by atoms with van der Waals surface area (Å²) in [5, 5.41) is 11.2. The molecule has 66 valence electrons. The molecule has 0 aliphatic rings. The van der Waals surface area contributed by atoms with E-state index < -0.39 is 0 Å². The average molecular weight is 166 g/mol. The molecule has 0 N–H and O–H groups in total. The van der Waals surface area contributed by atoms with Crippen molar-refractivity contribution in [2.24, 2.45) is 0 Å². The first-order valence-corrected chi connectivity index (χ1v) is 4.09. The first-order valence-electron chi connectivity index (χ1n) is 4.09. The Labute approximate surface area is 72.7 Å².